The topological polar surface area (TPSA) is 15.3 Å². The molecule has 0 spiro atoms. The van der Waals surface area contributed by atoms with Crippen LogP contribution in [0, 0.1) is 5.82 Å². The minimum Gasteiger partial charge on any atom is -0.365 e. The van der Waals surface area contributed by atoms with Gasteiger partial charge in [-0.2, -0.15) is 0 Å². The zero-order chi connectivity index (χ0) is 9.54. The second kappa shape index (κ2) is 3.99. The molecule has 2 nitrogen and oxygen atoms in total. The van der Waals surface area contributed by atoms with Gasteiger partial charge in [0.05, 0.1) is 0 Å². The van der Waals surface area contributed by atoms with Crippen LogP contribution in [-0.2, 0) is 6.42 Å². The minimum absolute atomic E-state index is 0. The number of hydrogen-bond acceptors (Lipinski definition) is 2. The number of piperazine rings is 1. The van der Waals surface area contributed by atoms with Crippen LogP contribution in [0.1, 0.15) is 5.56 Å². The first-order valence-electron chi connectivity index (χ1n) is 5.11. The van der Waals surface area contributed by atoms with E-state index >= 15 is 0 Å². The van der Waals surface area contributed by atoms with Crippen molar-refractivity contribution in [2.75, 3.05) is 24.5 Å². The van der Waals surface area contributed by atoms with Crippen LogP contribution in [0.2, 0.25) is 0 Å². The summed E-state index contributed by atoms with van der Waals surface area (Å²) in [5.74, 6) is -0.0445. The second-order valence-electron chi connectivity index (χ2n) is 3.99. The van der Waals surface area contributed by atoms with Crippen molar-refractivity contribution in [1.29, 1.82) is 0 Å². The van der Waals surface area contributed by atoms with E-state index in [2.05, 4.69) is 10.2 Å². The molecule has 15 heavy (non-hydrogen) atoms. The standard InChI is InChI=1S/C11H13FN2.ClH/c12-10-2-1-3-11-9(10)6-8-7-13-4-5-14(8)11;/h1-3,8,13H,4-7H2;1H. The van der Waals surface area contributed by atoms with Crippen LogP contribution in [0.4, 0.5) is 10.1 Å². The Morgan fingerprint density at radius 1 is 1.40 bits per heavy atom. The number of halogens is 2. The molecular weight excluding hydrogens is 215 g/mol. The number of rotatable bonds is 0. The monoisotopic (exact) mass is 228 g/mol. The summed E-state index contributed by atoms with van der Waals surface area (Å²) in [5, 5.41) is 3.35. The van der Waals surface area contributed by atoms with Crippen molar-refractivity contribution >= 4 is 18.1 Å². The highest BCUT2D eigenvalue weighted by atomic mass is 35.5. The molecule has 1 fully saturated rings. The van der Waals surface area contributed by atoms with Gasteiger partial charge in [0.15, 0.2) is 0 Å². The Hall–Kier alpha value is -0.800. The molecule has 1 aromatic rings. The molecule has 3 rings (SSSR count). The van der Waals surface area contributed by atoms with E-state index in [9.17, 15) is 4.39 Å². The zero-order valence-corrected chi connectivity index (χ0v) is 9.19. The van der Waals surface area contributed by atoms with Crippen LogP contribution in [0.15, 0.2) is 18.2 Å². The molecule has 1 aromatic carbocycles. The summed E-state index contributed by atoms with van der Waals surface area (Å²) in [5.41, 5.74) is 2.01. The van der Waals surface area contributed by atoms with Crippen molar-refractivity contribution in [1.82, 2.24) is 5.32 Å². The number of benzene rings is 1. The molecular formula is C11H14ClFN2. The third-order valence-electron chi connectivity index (χ3n) is 3.19. The van der Waals surface area contributed by atoms with Crippen LogP contribution in [0.5, 0.6) is 0 Å². The van der Waals surface area contributed by atoms with Gasteiger partial charge in [0.2, 0.25) is 0 Å². The maximum absolute atomic E-state index is 13.5. The van der Waals surface area contributed by atoms with E-state index < -0.39 is 0 Å². The van der Waals surface area contributed by atoms with Crippen LogP contribution in [0.3, 0.4) is 0 Å². The van der Waals surface area contributed by atoms with E-state index in [4.69, 9.17) is 0 Å². The predicted molar refractivity (Wildman–Crippen MR) is 61.4 cm³/mol. The molecule has 0 bridgehead atoms. The van der Waals surface area contributed by atoms with Gasteiger partial charge in [0, 0.05) is 36.9 Å². The highest BCUT2D eigenvalue weighted by molar-refractivity contribution is 5.85. The molecule has 2 aliphatic rings. The molecule has 1 N–H and O–H groups in total. The van der Waals surface area contributed by atoms with Gasteiger partial charge < -0.3 is 10.2 Å². The molecule has 0 radical (unpaired) electrons. The van der Waals surface area contributed by atoms with Gasteiger partial charge in [0.25, 0.3) is 0 Å². The van der Waals surface area contributed by atoms with Gasteiger partial charge in [-0.15, -0.1) is 12.4 Å². The Morgan fingerprint density at radius 2 is 2.27 bits per heavy atom. The summed E-state index contributed by atoms with van der Waals surface area (Å²) in [6.45, 7) is 2.99. The second-order valence-corrected chi connectivity index (χ2v) is 3.99. The van der Waals surface area contributed by atoms with Gasteiger partial charge in [0.1, 0.15) is 5.82 Å². The smallest absolute Gasteiger partial charge is 0.128 e. The number of anilines is 1. The largest absolute Gasteiger partial charge is 0.365 e. The third kappa shape index (κ3) is 1.60. The van der Waals surface area contributed by atoms with Crippen LogP contribution < -0.4 is 10.2 Å². The van der Waals surface area contributed by atoms with Crippen molar-refractivity contribution in [2.24, 2.45) is 0 Å². The molecule has 1 atom stereocenters. The number of fused-ring (bicyclic) bond motifs is 3. The highest BCUT2D eigenvalue weighted by Crippen LogP contribution is 2.34. The van der Waals surface area contributed by atoms with Gasteiger partial charge in [-0.1, -0.05) is 6.07 Å². The fourth-order valence-corrected chi connectivity index (χ4v) is 2.51. The van der Waals surface area contributed by atoms with E-state index in [0.29, 0.717) is 6.04 Å². The molecule has 0 amide bonds. The lowest BCUT2D eigenvalue weighted by Gasteiger charge is -2.32. The number of nitrogens with one attached hydrogen (secondary N) is 1. The molecule has 0 aromatic heterocycles. The summed E-state index contributed by atoms with van der Waals surface area (Å²) in [4.78, 5) is 2.33. The average molecular weight is 229 g/mol. The van der Waals surface area contributed by atoms with Crippen LogP contribution in [0.25, 0.3) is 0 Å². The maximum Gasteiger partial charge on any atom is 0.128 e. The van der Waals surface area contributed by atoms with Gasteiger partial charge >= 0.3 is 0 Å². The first kappa shape index (κ1) is 10.7. The van der Waals surface area contributed by atoms with Crippen LogP contribution in [-0.4, -0.2) is 25.7 Å². The normalized spacial score (nSPS) is 23.0. The summed E-state index contributed by atoms with van der Waals surface area (Å²) in [7, 11) is 0. The SMILES string of the molecule is Cl.Fc1cccc2c1CC1CNCCN21. The van der Waals surface area contributed by atoms with Crippen LogP contribution >= 0.6 is 12.4 Å². The summed E-state index contributed by atoms with van der Waals surface area (Å²) < 4.78 is 13.5. The lowest BCUT2D eigenvalue weighted by molar-refractivity contribution is 0.492. The zero-order valence-electron chi connectivity index (χ0n) is 8.37. The molecule has 2 heterocycles. The summed E-state index contributed by atoms with van der Waals surface area (Å²) >= 11 is 0. The van der Waals surface area contributed by atoms with Gasteiger partial charge in [-0.25, -0.2) is 4.39 Å². The summed E-state index contributed by atoms with van der Waals surface area (Å²) in [6.07, 6.45) is 0.856. The average Bonchev–Trinajstić information content (AvgIpc) is 2.59. The minimum atomic E-state index is -0.0445. The van der Waals surface area contributed by atoms with E-state index in [0.717, 1.165) is 37.3 Å². The third-order valence-corrected chi connectivity index (χ3v) is 3.19. The van der Waals surface area contributed by atoms with Crippen molar-refractivity contribution in [2.45, 2.75) is 12.5 Å². The lowest BCUT2D eigenvalue weighted by atomic mass is 10.1. The molecule has 0 saturated carbocycles. The molecule has 2 aliphatic heterocycles. The van der Waals surface area contributed by atoms with E-state index in [1.165, 1.54) is 0 Å². The fraction of sp³-hybridized carbons (Fsp3) is 0.455. The molecule has 4 heteroatoms. The predicted octanol–water partition coefficient (Wildman–Crippen LogP) is 1.58. The van der Waals surface area contributed by atoms with Gasteiger partial charge in [-0.3, -0.25) is 0 Å². The number of hydrogen-bond donors (Lipinski definition) is 1. The lowest BCUT2D eigenvalue weighted by Crippen LogP contribution is -2.49. The first-order valence-corrected chi connectivity index (χ1v) is 5.11. The molecule has 0 aliphatic carbocycles. The van der Waals surface area contributed by atoms with E-state index in [1.807, 2.05) is 6.07 Å². The quantitative estimate of drug-likeness (QED) is 0.726. The van der Waals surface area contributed by atoms with Crippen molar-refractivity contribution in [3.05, 3.63) is 29.6 Å². The number of nitrogens with zero attached hydrogens (tertiary/aromatic N) is 1. The van der Waals surface area contributed by atoms with Crippen molar-refractivity contribution in [3.63, 3.8) is 0 Å². The first-order chi connectivity index (χ1) is 6.86. The fourth-order valence-electron chi connectivity index (χ4n) is 2.51. The Balaban J connectivity index is 0.000000853. The van der Waals surface area contributed by atoms with E-state index in [-0.39, 0.29) is 18.2 Å². The molecule has 1 unspecified atom stereocenters. The summed E-state index contributed by atoms with van der Waals surface area (Å²) in [6, 6.07) is 5.86. The Kier molecular flexibility index (Phi) is 2.85. The van der Waals surface area contributed by atoms with E-state index in [1.54, 1.807) is 12.1 Å². The maximum atomic E-state index is 13.5. The molecule has 1 saturated heterocycles. The van der Waals surface area contributed by atoms with Crippen molar-refractivity contribution in [3.8, 4) is 0 Å². The Morgan fingerprint density at radius 3 is 3.13 bits per heavy atom. The van der Waals surface area contributed by atoms with Gasteiger partial charge in [-0.05, 0) is 18.6 Å². The Labute approximate surface area is 94.9 Å². The Bertz CT molecular complexity index is 370. The molecule has 82 valence electrons. The van der Waals surface area contributed by atoms with Crippen molar-refractivity contribution < 1.29 is 4.39 Å². The highest BCUT2D eigenvalue weighted by Gasteiger charge is 2.32.